The summed E-state index contributed by atoms with van der Waals surface area (Å²) in [7, 11) is -3.16. The standard InChI is InChI=1S/C18H25N3O4S/c1-2-12-26(23,24)21-10-8-15(9-11-21)19-18(22)16-13-17(25-20-16)14-6-4-3-5-7-14/h3-7,15,17H,2,8-13H2,1H3,(H,19,22). The summed E-state index contributed by atoms with van der Waals surface area (Å²) in [5.41, 5.74) is 1.38. The molecular formula is C18H25N3O4S. The lowest BCUT2D eigenvalue weighted by Gasteiger charge is -2.31. The minimum atomic E-state index is -3.16. The number of nitrogens with zero attached hydrogens (tertiary/aromatic N) is 2. The Hall–Kier alpha value is -1.93. The molecule has 1 saturated heterocycles. The van der Waals surface area contributed by atoms with Crippen molar-refractivity contribution in [2.24, 2.45) is 5.16 Å². The molecule has 0 aliphatic carbocycles. The topological polar surface area (TPSA) is 88.1 Å². The number of amides is 1. The van der Waals surface area contributed by atoms with Crippen molar-refractivity contribution in [3.8, 4) is 0 Å². The Labute approximate surface area is 154 Å². The lowest BCUT2D eigenvalue weighted by molar-refractivity contribution is -0.115. The molecule has 26 heavy (non-hydrogen) atoms. The molecule has 0 bridgehead atoms. The number of nitrogens with one attached hydrogen (secondary N) is 1. The van der Waals surface area contributed by atoms with Gasteiger partial charge in [0.1, 0.15) is 5.71 Å². The molecule has 8 heteroatoms. The number of piperidine rings is 1. The van der Waals surface area contributed by atoms with Crippen molar-refractivity contribution >= 4 is 21.6 Å². The minimum absolute atomic E-state index is 0.0333. The van der Waals surface area contributed by atoms with E-state index in [4.69, 9.17) is 4.84 Å². The number of sulfonamides is 1. The van der Waals surface area contributed by atoms with Crippen molar-refractivity contribution < 1.29 is 18.0 Å². The molecule has 0 radical (unpaired) electrons. The van der Waals surface area contributed by atoms with Crippen molar-refractivity contribution in [2.75, 3.05) is 18.8 Å². The van der Waals surface area contributed by atoms with E-state index >= 15 is 0 Å². The molecule has 2 aliphatic rings. The zero-order valence-corrected chi connectivity index (χ0v) is 15.7. The molecule has 0 saturated carbocycles. The molecule has 2 heterocycles. The molecule has 1 aromatic rings. The number of oxime groups is 1. The van der Waals surface area contributed by atoms with Crippen molar-refractivity contribution in [1.82, 2.24) is 9.62 Å². The molecule has 1 fully saturated rings. The van der Waals surface area contributed by atoms with E-state index in [1.165, 1.54) is 4.31 Å². The summed E-state index contributed by atoms with van der Waals surface area (Å²) in [6.45, 7) is 2.75. The largest absolute Gasteiger partial charge is 0.387 e. The fourth-order valence-corrected chi connectivity index (χ4v) is 4.83. The Balaban J connectivity index is 1.48. The van der Waals surface area contributed by atoms with E-state index in [0.717, 1.165) is 5.56 Å². The van der Waals surface area contributed by atoms with E-state index < -0.39 is 10.0 Å². The predicted molar refractivity (Wildman–Crippen MR) is 99.1 cm³/mol. The SMILES string of the molecule is CCCS(=O)(=O)N1CCC(NC(=O)C2=NOC(c3ccccc3)C2)CC1. The van der Waals surface area contributed by atoms with Crippen LogP contribution in [0.3, 0.4) is 0 Å². The lowest BCUT2D eigenvalue weighted by Crippen LogP contribution is -2.48. The zero-order valence-electron chi connectivity index (χ0n) is 14.9. The molecule has 3 rings (SSSR count). The molecule has 142 valence electrons. The van der Waals surface area contributed by atoms with Gasteiger partial charge in [-0.25, -0.2) is 12.7 Å². The zero-order chi connectivity index (χ0) is 18.6. The van der Waals surface area contributed by atoms with E-state index in [2.05, 4.69) is 10.5 Å². The van der Waals surface area contributed by atoms with Crippen LogP contribution in [0.15, 0.2) is 35.5 Å². The van der Waals surface area contributed by atoms with E-state index in [1.54, 1.807) is 0 Å². The van der Waals surface area contributed by atoms with Crippen LogP contribution in [0.25, 0.3) is 0 Å². The maximum absolute atomic E-state index is 12.4. The Bertz CT molecular complexity index is 756. The number of carbonyl (C=O) groups excluding carboxylic acids is 1. The van der Waals surface area contributed by atoms with Gasteiger partial charge in [0.05, 0.1) is 5.75 Å². The summed E-state index contributed by atoms with van der Waals surface area (Å²) in [6, 6.07) is 9.66. The van der Waals surface area contributed by atoms with Gasteiger partial charge in [-0.2, -0.15) is 0 Å². The number of benzene rings is 1. The van der Waals surface area contributed by atoms with Crippen molar-refractivity contribution in [2.45, 2.75) is 44.8 Å². The summed E-state index contributed by atoms with van der Waals surface area (Å²) in [5.74, 6) is -0.0442. The molecule has 0 spiro atoms. The highest BCUT2D eigenvalue weighted by Crippen LogP contribution is 2.27. The van der Waals surface area contributed by atoms with Crippen LogP contribution in [-0.2, 0) is 19.7 Å². The number of carbonyl (C=O) groups is 1. The first-order chi connectivity index (χ1) is 12.5. The normalized spacial score (nSPS) is 21.9. The minimum Gasteiger partial charge on any atom is -0.387 e. The van der Waals surface area contributed by atoms with Gasteiger partial charge in [0, 0.05) is 25.6 Å². The second kappa shape index (κ2) is 8.18. The Morgan fingerprint density at radius 1 is 1.27 bits per heavy atom. The van der Waals surface area contributed by atoms with Gasteiger partial charge in [-0.15, -0.1) is 0 Å². The van der Waals surface area contributed by atoms with Crippen LogP contribution in [0.1, 0.15) is 44.3 Å². The molecule has 1 atom stereocenters. The fourth-order valence-electron chi connectivity index (χ4n) is 3.29. The van der Waals surface area contributed by atoms with Crippen LogP contribution >= 0.6 is 0 Å². The molecule has 1 aromatic carbocycles. The molecule has 2 aliphatic heterocycles. The van der Waals surface area contributed by atoms with Crippen LogP contribution in [0, 0.1) is 0 Å². The van der Waals surface area contributed by atoms with Gasteiger partial charge in [-0.1, -0.05) is 42.4 Å². The highest BCUT2D eigenvalue weighted by atomic mass is 32.2. The number of hydrogen-bond acceptors (Lipinski definition) is 5. The fraction of sp³-hybridized carbons (Fsp3) is 0.556. The van der Waals surface area contributed by atoms with E-state index in [0.29, 0.717) is 44.5 Å². The highest BCUT2D eigenvalue weighted by Gasteiger charge is 2.31. The van der Waals surface area contributed by atoms with Gasteiger partial charge in [0.2, 0.25) is 10.0 Å². The maximum atomic E-state index is 12.4. The van der Waals surface area contributed by atoms with Crippen LogP contribution in [0.2, 0.25) is 0 Å². The molecule has 0 aromatic heterocycles. The first-order valence-electron chi connectivity index (χ1n) is 9.06. The average molecular weight is 379 g/mol. The summed E-state index contributed by atoms with van der Waals surface area (Å²) >= 11 is 0. The van der Waals surface area contributed by atoms with Crippen LogP contribution in [0.4, 0.5) is 0 Å². The molecular weight excluding hydrogens is 354 g/mol. The highest BCUT2D eigenvalue weighted by molar-refractivity contribution is 7.89. The van der Waals surface area contributed by atoms with Crippen LogP contribution in [0.5, 0.6) is 0 Å². The monoisotopic (exact) mass is 379 g/mol. The van der Waals surface area contributed by atoms with Gasteiger partial charge >= 0.3 is 0 Å². The van der Waals surface area contributed by atoms with Crippen LogP contribution < -0.4 is 5.32 Å². The number of hydrogen-bond donors (Lipinski definition) is 1. The Morgan fingerprint density at radius 2 is 1.96 bits per heavy atom. The van der Waals surface area contributed by atoms with E-state index in [1.807, 2.05) is 37.3 Å². The molecule has 1 N–H and O–H groups in total. The number of rotatable bonds is 6. The van der Waals surface area contributed by atoms with Gasteiger partial charge in [0.25, 0.3) is 5.91 Å². The lowest BCUT2D eigenvalue weighted by atomic mass is 10.0. The molecule has 1 unspecified atom stereocenters. The van der Waals surface area contributed by atoms with E-state index in [-0.39, 0.29) is 23.8 Å². The summed E-state index contributed by atoms with van der Waals surface area (Å²) in [6.07, 6.45) is 2.06. The van der Waals surface area contributed by atoms with Gasteiger partial charge in [-0.3, -0.25) is 4.79 Å². The third-order valence-electron chi connectivity index (χ3n) is 4.75. The summed E-state index contributed by atoms with van der Waals surface area (Å²) in [5, 5.41) is 6.90. The van der Waals surface area contributed by atoms with Crippen molar-refractivity contribution in [3.05, 3.63) is 35.9 Å². The molecule has 1 amide bonds. The van der Waals surface area contributed by atoms with Gasteiger partial charge < -0.3 is 10.2 Å². The van der Waals surface area contributed by atoms with Crippen LogP contribution in [-0.4, -0.2) is 49.2 Å². The first-order valence-corrected chi connectivity index (χ1v) is 10.7. The predicted octanol–water partition coefficient (Wildman–Crippen LogP) is 1.82. The second-order valence-electron chi connectivity index (χ2n) is 6.71. The second-order valence-corrected chi connectivity index (χ2v) is 8.80. The third kappa shape index (κ3) is 4.42. The first kappa shape index (κ1) is 18.8. The van der Waals surface area contributed by atoms with Gasteiger partial charge in [-0.05, 0) is 24.8 Å². The average Bonchev–Trinajstić information content (AvgIpc) is 3.13. The maximum Gasteiger partial charge on any atom is 0.269 e. The summed E-state index contributed by atoms with van der Waals surface area (Å²) in [4.78, 5) is 17.8. The quantitative estimate of drug-likeness (QED) is 0.817. The Kier molecular flexibility index (Phi) is 5.93. The Morgan fingerprint density at radius 3 is 2.62 bits per heavy atom. The summed E-state index contributed by atoms with van der Waals surface area (Å²) < 4.78 is 25.7. The smallest absolute Gasteiger partial charge is 0.269 e. The van der Waals surface area contributed by atoms with Crippen molar-refractivity contribution in [1.29, 1.82) is 0 Å². The van der Waals surface area contributed by atoms with Gasteiger partial charge in [0.15, 0.2) is 6.10 Å². The third-order valence-corrected chi connectivity index (χ3v) is 6.82. The van der Waals surface area contributed by atoms with E-state index in [9.17, 15) is 13.2 Å². The molecule has 7 nitrogen and oxygen atoms in total. The van der Waals surface area contributed by atoms with Crippen molar-refractivity contribution in [3.63, 3.8) is 0 Å².